The maximum atomic E-state index is 8.09. The Morgan fingerprint density at radius 1 is 2.00 bits per heavy atom. The highest BCUT2D eigenvalue weighted by Gasteiger charge is 1.82. The van der Waals surface area contributed by atoms with Crippen LogP contribution in [0, 0.1) is 17.5 Å². The van der Waals surface area contributed by atoms with Gasteiger partial charge < -0.3 is 0 Å². The minimum atomic E-state index is 0.444. The summed E-state index contributed by atoms with van der Waals surface area (Å²) in [5.41, 5.74) is 0.444. The van der Waals surface area contributed by atoms with Crippen LogP contribution in [0.4, 0.5) is 0 Å². The Kier molecular flexibility index (Phi) is 0.794. The molecule has 0 aliphatic heterocycles. The fourth-order valence-corrected chi connectivity index (χ4v) is 0.279. The van der Waals surface area contributed by atoms with E-state index in [-0.39, 0.29) is 0 Å². The number of hydrogen-bond donors (Lipinski definition) is 1. The maximum Gasteiger partial charge on any atom is 0.136 e. The lowest BCUT2D eigenvalue weighted by molar-refractivity contribution is 1.07. The van der Waals surface area contributed by atoms with Gasteiger partial charge in [-0.15, -0.1) is 0 Å². The predicted molar refractivity (Wildman–Crippen MR) is 22.1 cm³/mol. The summed E-state index contributed by atoms with van der Waals surface area (Å²) in [5, 5.41) is 13.9. The highest BCUT2D eigenvalue weighted by molar-refractivity contribution is 5.14. The highest BCUT2D eigenvalue weighted by Crippen LogP contribution is 1.82. The standard InChI is InChI=1S/C4H2N3/c5-3-4-1-2-6-7-4/h1H,(H,6,7). The van der Waals surface area contributed by atoms with Crippen molar-refractivity contribution < 1.29 is 0 Å². The molecule has 3 heteroatoms. The molecule has 0 aliphatic carbocycles. The molecule has 0 bridgehead atoms. The summed E-state index contributed by atoms with van der Waals surface area (Å²) in [6.07, 6.45) is 2.45. The molecular weight excluding hydrogens is 90.1 g/mol. The third kappa shape index (κ3) is 0.578. The quantitative estimate of drug-likeness (QED) is 0.492. The third-order valence-corrected chi connectivity index (χ3v) is 0.570. The van der Waals surface area contributed by atoms with Crippen molar-refractivity contribution in [3.8, 4) is 6.07 Å². The normalized spacial score (nSPS) is 7.86. The summed E-state index contributed by atoms with van der Waals surface area (Å²) in [5.74, 6) is 0. The SMILES string of the molecule is N#Cc1c[c]n[nH]1. The van der Waals surface area contributed by atoms with E-state index in [0.717, 1.165) is 0 Å². The summed E-state index contributed by atoms with van der Waals surface area (Å²) in [7, 11) is 0. The lowest BCUT2D eigenvalue weighted by Crippen LogP contribution is -1.68. The molecule has 7 heavy (non-hydrogen) atoms. The van der Waals surface area contributed by atoms with Crippen LogP contribution < -0.4 is 0 Å². The zero-order chi connectivity index (χ0) is 5.11. The fourth-order valence-electron chi connectivity index (χ4n) is 0.279. The molecule has 1 aromatic heterocycles. The van der Waals surface area contributed by atoms with E-state index in [0.29, 0.717) is 5.69 Å². The first kappa shape index (κ1) is 3.88. The fraction of sp³-hybridized carbons (Fsp3) is 0. The Bertz CT molecular complexity index is 169. The molecule has 0 saturated heterocycles. The monoisotopic (exact) mass is 92.0 g/mol. The van der Waals surface area contributed by atoms with Gasteiger partial charge in [0.15, 0.2) is 0 Å². The van der Waals surface area contributed by atoms with Crippen molar-refractivity contribution in [2.75, 3.05) is 0 Å². The maximum absolute atomic E-state index is 8.09. The van der Waals surface area contributed by atoms with Gasteiger partial charge in [-0.2, -0.15) is 10.4 Å². The summed E-state index contributed by atoms with van der Waals surface area (Å²) in [6, 6.07) is 3.34. The van der Waals surface area contributed by atoms with E-state index in [4.69, 9.17) is 5.26 Å². The average molecular weight is 92.1 g/mol. The minimum absolute atomic E-state index is 0.444. The molecule has 0 amide bonds. The van der Waals surface area contributed by atoms with Crippen LogP contribution in [0.2, 0.25) is 0 Å². The van der Waals surface area contributed by atoms with Crippen molar-refractivity contribution in [1.29, 1.82) is 5.26 Å². The van der Waals surface area contributed by atoms with Crippen molar-refractivity contribution in [3.05, 3.63) is 18.0 Å². The first-order valence-corrected chi connectivity index (χ1v) is 1.75. The van der Waals surface area contributed by atoms with Gasteiger partial charge >= 0.3 is 0 Å². The van der Waals surface area contributed by atoms with Crippen LogP contribution in [0.25, 0.3) is 0 Å². The molecule has 1 N–H and O–H groups in total. The van der Waals surface area contributed by atoms with Gasteiger partial charge in [0, 0.05) is 6.07 Å². The lowest BCUT2D eigenvalue weighted by Gasteiger charge is -1.64. The molecule has 1 aromatic rings. The number of hydrogen-bond acceptors (Lipinski definition) is 2. The average Bonchev–Trinajstić information content (AvgIpc) is 2.14. The molecule has 0 saturated carbocycles. The van der Waals surface area contributed by atoms with Crippen molar-refractivity contribution in [2.45, 2.75) is 0 Å². The first-order valence-electron chi connectivity index (χ1n) is 1.75. The van der Waals surface area contributed by atoms with Gasteiger partial charge in [-0.1, -0.05) is 0 Å². The van der Waals surface area contributed by atoms with Gasteiger partial charge in [0.1, 0.15) is 18.0 Å². The van der Waals surface area contributed by atoms with E-state index in [1.165, 1.54) is 6.07 Å². The predicted octanol–water partition coefficient (Wildman–Crippen LogP) is 0.0816. The summed E-state index contributed by atoms with van der Waals surface area (Å²) in [4.78, 5) is 0. The van der Waals surface area contributed by atoms with Crippen LogP contribution in [-0.2, 0) is 0 Å². The van der Waals surface area contributed by atoms with E-state index in [1.54, 1.807) is 0 Å². The van der Waals surface area contributed by atoms with Crippen molar-refractivity contribution in [1.82, 2.24) is 10.2 Å². The lowest BCUT2D eigenvalue weighted by atomic mass is 10.5. The molecule has 1 heterocycles. The van der Waals surface area contributed by atoms with Gasteiger partial charge in [0.25, 0.3) is 0 Å². The number of H-pyrrole nitrogens is 1. The van der Waals surface area contributed by atoms with Gasteiger partial charge in [0.2, 0.25) is 0 Å². The number of aromatic amines is 1. The van der Waals surface area contributed by atoms with Crippen LogP contribution >= 0.6 is 0 Å². The number of nitrogens with one attached hydrogen (secondary N) is 1. The largest absolute Gasteiger partial charge is 0.267 e. The molecule has 0 spiro atoms. The molecule has 0 aliphatic rings. The molecule has 1 radical (unpaired) electrons. The molecule has 1 rings (SSSR count). The van der Waals surface area contributed by atoms with Gasteiger partial charge in [-0.3, -0.25) is 5.10 Å². The molecular formula is C4H2N3. The van der Waals surface area contributed by atoms with Gasteiger partial charge in [-0.25, -0.2) is 0 Å². The third-order valence-electron chi connectivity index (χ3n) is 0.570. The number of nitriles is 1. The number of aromatic nitrogens is 2. The minimum Gasteiger partial charge on any atom is -0.267 e. The van der Waals surface area contributed by atoms with E-state index in [2.05, 4.69) is 16.4 Å². The van der Waals surface area contributed by atoms with Crippen LogP contribution in [0.5, 0.6) is 0 Å². The topological polar surface area (TPSA) is 52.5 Å². The van der Waals surface area contributed by atoms with Crippen LogP contribution in [0.3, 0.4) is 0 Å². The van der Waals surface area contributed by atoms with Gasteiger partial charge in [0.05, 0.1) is 0 Å². The molecule has 3 nitrogen and oxygen atoms in total. The van der Waals surface area contributed by atoms with E-state index in [1.807, 2.05) is 6.07 Å². The molecule has 33 valence electrons. The van der Waals surface area contributed by atoms with Crippen molar-refractivity contribution >= 4 is 0 Å². The number of rotatable bonds is 0. The van der Waals surface area contributed by atoms with Crippen LogP contribution in [0.1, 0.15) is 5.69 Å². The molecule has 0 aromatic carbocycles. The Hall–Kier alpha value is -1.30. The second-order valence-corrected chi connectivity index (χ2v) is 1.02. The zero-order valence-electron chi connectivity index (χ0n) is 3.47. The second kappa shape index (κ2) is 1.43. The van der Waals surface area contributed by atoms with Gasteiger partial charge in [-0.05, 0) is 0 Å². The Morgan fingerprint density at radius 2 is 2.86 bits per heavy atom. The molecule has 0 fully saturated rings. The highest BCUT2D eigenvalue weighted by atomic mass is 15.1. The van der Waals surface area contributed by atoms with E-state index < -0.39 is 0 Å². The smallest absolute Gasteiger partial charge is 0.136 e. The molecule has 0 unspecified atom stereocenters. The Labute approximate surface area is 40.6 Å². The Balaban J connectivity index is 3.04. The Morgan fingerprint density at radius 3 is 3.14 bits per heavy atom. The van der Waals surface area contributed by atoms with Crippen molar-refractivity contribution in [3.63, 3.8) is 0 Å². The summed E-state index contributed by atoms with van der Waals surface area (Å²) < 4.78 is 0. The van der Waals surface area contributed by atoms with Crippen molar-refractivity contribution in [2.24, 2.45) is 0 Å². The van der Waals surface area contributed by atoms with Crippen LogP contribution in [-0.4, -0.2) is 10.2 Å². The molecule has 0 atom stereocenters. The first-order chi connectivity index (χ1) is 3.43. The van der Waals surface area contributed by atoms with E-state index >= 15 is 0 Å². The number of nitrogens with zero attached hydrogens (tertiary/aromatic N) is 2. The summed E-state index contributed by atoms with van der Waals surface area (Å²) >= 11 is 0. The second-order valence-electron chi connectivity index (χ2n) is 1.02. The summed E-state index contributed by atoms with van der Waals surface area (Å²) in [6.45, 7) is 0. The van der Waals surface area contributed by atoms with E-state index in [9.17, 15) is 0 Å². The zero-order valence-corrected chi connectivity index (χ0v) is 3.47. The van der Waals surface area contributed by atoms with Crippen LogP contribution in [0.15, 0.2) is 6.07 Å².